The molecular formula is C13H17NO4S. The Labute approximate surface area is 113 Å². The highest BCUT2D eigenvalue weighted by Gasteiger charge is 2.23. The number of carbonyl (C=O) groups excluding carboxylic acids is 2. The molecule has 0 bridgehead atoms. The van der Waals surface area contributed by atoms with Crippen molar-refractivity contribution in [3.8, 4) is 0 Å². The van der Waals surface area contributed by atoms with E-state index in [0.29, 0.717) is 6.29 Å². The monoisotopic (exact) mass is 283 g/mol. The molecule has 0 aromatic heterocycles. The van der Waals surface area contributed by atoms with Gasteiger partial charge in [-0.1, -0.05) is 17.7 Å². The normalized spacial score (nSPS) is 11.5. The van der Waals surface area contributed by atoms with E-state index in [-0.39, 0.29) is 30.2 Å². The topological polar surface area (TPSA) is 71.5 Å². The van der Waals surface area contributed by atoms with E-state index in [0.717, 1.165) is 9.87 Å². The summed E-state index contributed by atoms with van der Waals surface area (Å²) in [6.45, 7) is 3.01. The van der Waals surface area contributed by atoms with Crippen molar-refractivity contribution < 1.29 is 18.0 Å². The van der Waals surface area contributed by atoms with Crippen molar-refractivity contribution in [1.82, 2.24) is 4.31 Å². The molecule has 0 saturated carbocycles. The fourth-order valence-electron chi connectivity index (χ4n) is 1.53. The zero-order valence-corrected chi connectivity index (χ0v) is 11.8. The summed E-state index contributed by atoms with van der Waals surface area (Å²) in [7, 11) is -3.73. The predicted molar refractivity (Wildman–Crippen MR) is 71.3 cm³/mol. The van der Waals surface area contributed by atoms with Crippen LogP contribution in [0.25, 0.3) is 0 Å². The zero-order valence-electron chi connectivity index (χ0n) is 11.0. The Bertz CT molecular complexity index is 549. The van der Waals surface area contributed by atoms with E-state index in [1.165, 1.54) is 19.1 Å². The number of carbonyl (C=O) groups is 2. The molecule has 0 N–H and O–H groups in total. The lowest BCUT2D eigenvalue weighted by molar-refractivity contribution is -0.117. The van der Waals surface area contributed by atoms with Crippen molar-refractivity contribution in [2.75, 3.05) is 13.1 Å². The molecule has 5 nitrogen and oxygen atoms in total. The minimum absolute atomic E-state index is 0.0181. The van der Waals surface area contributed by atoms with Gasteiger partial charge in [-0.2, -0.15) is 4.31 Å². The van der Waals surface area contributed by atoms with Gasteiger partial charge in [-0.25, -0.2) is 8.42 Å². The standard InChI is InChI=1S/C13H17NO4S/c1-11-3-5-13(6-4-11)19(17,18)14(9-10-15)8-7-12(2)16/h3-6,10H,7-9H2,1-2H3. The average Bonchev–Trinajstić information content (AvgIpc) is 2.34. The van der Waals surface area contributed by atoms with Crippen LogP contribution in [0, 0.1) is 6.92 Å². The number of aldehydes is 1. The van der Waals surface area contributed by atoms with Gasteiger partial charge in [0.2, 0.25) is 10.0 Å². The third kappa shape index (κ3) is 4.25. The van der Waals surface area contributed by atoms with E-state index in [2.05, 4.69) is 0 Å². The maximum Gasteiger partial charge on any atom is 0.243 e. The average molecular weight is 283 g/mol. The molecule has 0 atom stereocenters. The summed E-state index contributed by atoms with van der Waals surface area (Å²) in [6, 6.07) is 6.38. The summed E-state index contributed by atoms with van der Waals surface area (Å²) >= 11 is 0. The maximum absolute atomic E-state index is 12.3. The number of rotatable bonds is 7. The van der Waals surface area contributed by atoms with Gasteiger partial charge in [0.25, 0.3) is 0 Å². The molecule has 0 spiro atoms. The van der Waals surface area contributed by atoms with Gasteiger partial charge in [0, 0.05) is 13.0 Å². The summed E-state index contributed by atoms with van der Waals surface area (Å²) in [4.78, 5) is 21.7. The third-order valence-corrected chi connectivity index (χ3v) is 4.53. The van der Waals surface area contributed by atoms with Crippen molar-refractivity contribution in [1.29, 1.82) is 0 Å². The van der Waals surface area contributed by atoms with E-state index in [9.17, 15) is 18.0 Å². The van der Waals surface area contributed by atoms with Gasteiger partial charge in [0.05, 0.1) is 11.4 Å². The number of nitrogens with zero attached hydrogens (tertiary/aromatic N) is 1. The van der Waals surface area contributed by atoms with Crippen molar-refractivity contribution in [3.05, 3.63) is 29.8 Å². The maximum atomic E-state index is 12.3. The number of Topliss-reactive ketones (excluding diaryl/α,β-unsaturated/α-hetero) is 1. The fraction of sp³-hybridized carbons (Fsp3) is 0.385. The van der Waals surface area contributed by atoms with Crippen LogP contribution in [0.15, 0.2) is 29.2 Å². The highest BCUT2D eigenvalue weighted by atomic mass is 32.2. The molecule has 0 unspecified atom stereocenters. The fourth-order valence-corrected chi connectivity index (χ4v) is 2.90. The van der Waals surface area contributed by atoms with Crippen LogP contribution in [0.4, 0.5) is 0 Å². The van der Waals surface area contributed by atoms with Gasteiger partial charge in [-0.15, -0.1) is 0 Å². The van der Waals surface area contributed by atoms with Gasteiger partial charge in [-0.05, 0) is 26.0 Å². The molecule has 1 aromatic carbocycles. The lowest BCUT2D eigenvalue weighted by Crippen LogP contribution is -2.34. The summed E-state index contributed by atoms with van der Waals surface area (Å²) in [5.74, 6) is -0.116. The smallest absolute Gasteiger partial charge is 0.243 e. The molecule has 0 heterocycles. The van der Waals surface area contributed by atoms with E-state index in [1.54, 1.807) is 12.1 Å². The van der Waals surface area contributed by atoms with Crippen LogP contribution in [-0.2, 0) is 19.6 Å². The summed E-state index contributed by atoms with van der Waals surface area (Å²) in [5.41, 5.74) is 0.949. The SMILES string of the molecule is CC(=O)CCN(CC=O)S(=O)(=O)c1ccc(C)cc1. The minimum atomic E-state index is -3.73. The Hall–Kier alpha value is -1.53. The molecule has 19 heavy (non-hydrogen) atoms. The van der Waals surface area contributed by atoms with Gasteiger partial charge >= 0.3 is 0 Å². The first-order valence-corrected chi connectivity index (χ1v) is 7.32. The first kappa shape index (κ1) is 15.5. The van der Waals surface area contributed by atoms with Crippen LogP contribution in [0.5, 0.6) is 0 Å². The lowest BCUT2D eigenvalue weighted by atomic mass is 10.2. The number of hydrogen-bond acceptors (Lipinski definition) is 4. The highest BCUT2D eigenvalue weighted by molar-refractivity contribution is 7.89. The Balaban J connectivity index is 3.01. The van der Waals surface area contributed by atoms with Gasteiger partial charge in [0.15, 0.2) is 0 Å². The second-order valence-electron chi connectivity index (χ2n) is 4.29. The van der Waals surface area contributed by atoms with Crippen LogP contribution < -0.4 is 0 Å². The quantitative estimate of drug-likeness (QED) is 0.704. The first-order valence-electron chi connectivity index (χ1n) is 5.88. The number of ketones is 1. The lowest BCUT2D eigenvalue weighted by Gasteiger charge is -2.19. The zero-order chi connectivity index (χ0) is 14.5. The van der Waals surface area contributed by atoms with Gasteiger partial charge < -0.3 is 4.79 Å². The van der Waals surface area contributed by atoms with E-state index >= 15 is 0 Å². The van der Waals surface area contributed by atoms with E-state index in [4.69, 9.17) is 0 Å². The molecule has 0 amide bonds. The molecule has 0 aliphatic heterocycles. The van der Waals surface area contributed by atoms with Crippen LogP contribution in [-0.4, -0.2) is 37.9 Å². The molecule has 0 radical (unpaired) electrons. The Morgan fingerprint density at radius 2 is 1.84 bits per heavy atom. The molecule has 6 heteroatoms. The van der Waals surface area contributed by atoms with Gasteiger partial charge in [-0.3, -0.25) is 4.79 Å². The van der Waals surface area contributed by atoms with E-state index < -0.39 is 10.0 Å². The Morgan fingerprint density at radius 1 is 1.26 bits per heavy atom. The molecular weight excluding hydrogens is 266 g/mol. The molecule has 0 saturated heterocycles. The largest absolute Gasteiger partial charge is 0.302 e. The second-order valence-corrected chi connectivity index (χ2v) is 6.23. The summed E-state index contributed by atoms with van der Waals surface area (Å²) < 4.78 is 25.6. The molecule has 1 rings (SSSR count). The highest BCUT2D eigenvalue weighted by Crippen LogP contribution is 2.16. The van der Waals surface area contributed by atoms with Gasteiger partial charge in [0.1, 0.15) is 12.1 Å². The van der Waals surface area contributed by atoms with Crippen molar-refractivity contribution in [2.24, 2.45) is 0 Å². The van der Waals surface area contributed by atoms with Crippen LogP contribution in [0.2, 0.25) is 0 Å². The molecule has 0 aliphatic rings. The minimum Gasteiger partial charge on any atom is -0.302 e. The van der Waals surface area contributed by atoms with Crippen LogP contribution in [0.1, 0.15) is 18.9 Å². The molecule has 104 valence electrons. The number of sulfonamides is 1. The van der Waals surface area contributed by atoms with Crippen molar-refractivity contribution in [3.63, 3.8) is 0 Å². The molecule has 0 fully saturated rings. The van der Waals surface area contributed by atoms with Crippen LogP contribution >= 0.6 is 0 Å². The predicted octanol–water partition coefficient (Wildman–Crippen LogP) is 1.16. The molecule has 0 aliphatic carbocycles. The van der Waals surface area contributed by atoms with Crippen LogP contribution in [0.3, 0.4) is 0 Å². The summed E-state index contributed by atoms with van der Waals surface area (Å²) in [5, 5.41) is 0. The number of benzene rings is 1. The Kier molecular flexibility index (Phi) is 5.38. The molecule has 1 aromatic rings. The summed E-state index contributed by atoms with van der Waals surface area (Å²) in [6.07, 6.45) is 0.616. The first-order chi connectivity index (χ1) is 8.87. The number of aryl methyl sites for hydroxylation is 1. The second kappa shape index (κ2) is 6.58. The number of hydrogen-bond donors (Lipinski definition) is 0. The van der Waals surface area contributed by atoms with Crippen molar-refractivity contribution >= 4 is 22.1 Å². The van der Waals surface area contributed by atoms with Crippen molar-refractivity contribution in [2.45, 2.75) is 25.2 Å². The third-order valence-electron chi connectivity index (χ3n) is 2.65. The van der Waals surface area contributed by atoms with E-state index in [1.807, 2.05) is 6.92 Å². The Morgan fingerprint density at radius 3 is 2.32 bits per heavy atom.